The smallest absolute Gasteiger partial charge is 0.0467 e. The Morgan fingerprint density at radius 2 is 1.77 bits per heavy atom. The van der Waals surface area contributed by atoms with Crippen LogP contribution in [0.4, 0.5) is 0 Å². The van der Waals surface area contributed by atoms with Gasteiger partial charge in [-0.3, -0.25) is 0 Å². The van der Waals surface area contributed by atoms with Crippen LogP contribution in [0.2, 0.25) is 0 Å². The molecule has 1 heteroatoms. The van der Waals surface area contributed by atoms with Crippen LogP contribution in [-0.4, -0.2) is 11.7 Å². The second kappa shape index (κ2) is 5.76. The van der Waals surface area contributed by atoms with E-state index in [1.807, 2.05) is 12.2 Å². The Morgan fingerprint density at radius 3 is 2.23 bits per heavy atom. The summed E-state index contributed by atoms with van der Waals surface area (Å²) in [7, 11) is 0. The second-order valence-electron chi connectivity index (χ2n) is 3.46. The van der Waals surface area contributed by atoms with Crippen LogP contribution in [0, 0.1) is 11.8 Å². The van der Waals surface area contributed by atoms with Gasteiger partial charge in [0.05, 0.1) is 0 Å². The third-order valence-corrected chi connectivity index (χ3v) is 2.44. The molecule has 1 N–H and O–H groups in total. The fourth-order valence-corrected chi connectivity index (χ4v) is 1.67. The maximum atomic E-state index is 9.21. The van der Waals surface area contributed by atoms with E-state index in [4.69, 9.17) is 0 Å². The number of hydrogen-bond donors (Lipinski definition) is 1. The highest BCUT2D eigenvalue weighted by Crippen LogP contribution is 2.21. The third kappa shape index (κ3) is 3.19. The summed E-state index contributed by atoms with van der Waals surface area (Å²) in [6, 6.07) is 0. The Balaban J connectivity index is 2.57. The minimum atomic E-state index is 0.285. The molecule has 0 heterocycles. The number of rotatable bonds is 4. The van der Waals surface area contributed by atoms with E-state index in [0.29, 0.717) is 11.8 Å². The van der Waals surface area contributed by atoms with Gasteiger partial charge in [0.15, 0.2) is 0 Å². The summed E-state index contributed by atoms with van der Waals surface area (Å²) in [5.74, 6) is 0.789. The van der Waals surface area contributed by atoms with Gasteiger partial charge in [-0.05, 0) is 12.3 Å². The van der Waals surface area contributed by atoms with Crippen molar-refractivity contribution in [3.05, 3.63) is 36.5 Å². The van der Waals surface area contributed by atoms with Gasteiger partial charge in [-0.2, -0.15) is 0 Å². The highest BCUT2D eigenvalue weighted by atomic mass is 16.3. The van der Waals surface area contributed by atoms with Gasteiger partial charge in [0.25, 0.3) is 0 Å². The van der Waals surface area contributed by atoms with Gasteiger partial charge in [-0.1, -0.05) is 49.8 Å². The first-order valence-corrected chi connectivity index (χ1v) is 5.01. The molecule has 0 aromatic rings. The first-order valence-electron chi connectivity index (χ1n) is 5.01. The van der Waals surface area contributed by atoms with Crippen molar-refractivity contribution >= 4 is 0 Å². The molecule has 72 valence electrons. The Bertz CT molecular complexity index is 197. The molecule has 13 heavy (non-hydrogen) atoms. The van der Waals surface area contributed by atoms with Crippen molar-refractivity contribution < 1.29 is 5.11 Å². The molecule has 0 unspecified atom stereocenters. The van der Waals surface area contributed by atoms with Gasteiger partial charge in [-0.25, -0.2) is 0 Å². The first kappa shape index (κ1) is 10.3. The number of allylic oxidation sites excluding steroid dienone is 6. The maximum absolute atomic E-state index is 9.21. The molecule has 1 nitrogen and oxygen atoms in total. The molecule has 0 fully saturated rings. The molecule has 1 rings (SSSR count). The Kier molecular flexibility index (Phi) is 4.55. The summed E-state index contributed by atoms with van der Waals surface area (Å²) in [6.45, 7) is 2.44. The second-order valence-corrected chi connectivity index (χ2v) is 3.46. The lowest BCUT2D eigenvalue weighted by Gasteiger charge is -2.18. The molecule has 0 aliphatic heterocycles. The lowest BCUT2D eigenvalue weighted by atomic mass is 9.89. The van der Waals surface area contributed by atoms with Crippen LogP contribution in [0.15, 0.2) is 36.5 Å². The Hall–Kier alpha value is -0.820. The zero-order valence-corrected chi connectivity index (χ0v) is 8.19. The lowest BCUT2D eigenvalue weighted by Crippen LogP contribution is -2.14. The van der Waals surface area contributed by atoms with Gasteiger partial charge in [0.1, 0.15) is 0 Å². The van der Waals surface area contributed by atoms with Gasteiger partial charge in [-0.15, -0.1) is 0 Å². The van der Waals surface area contributed by atoms with Gasteiger partial charge >= 0.3 is 0 Å². The molecule has 1 aliphatic rings. The summed E-state index contributed by atoms with van der Waals surface area (Å²) in [5, 5.41) is 9.21. The van der Waals surface area contributed by atoms with E-state index in [0.717, 1.165) is 12.8 Å². The van der Waals surface area contributed by atoms with Crippen LogP contribution in [0.5, 0.6) is 0 Å². The third-order valence-electron chi connectivity index (χ3n) is 2.44. The van der Waals surface area contributed by atoms with Crippen molar-refractivity contribution in [2.45, 2.75) is 19.8 Å². The standard InChI is InChI=1S/C12H18O/c1-2-7-12(10-13)11-8-5-3-4-6-9-11/h3-6,8-9,11-13H,2,7,10H2,1H3/t12-/m0/s1. The fraction of sp³-hybridized carbons (Fsp3) is 0.500. The fourth-order valence-electron chi connectivity index (χ4n) is 1.67. The van der Waals surface area contributed by atoms with Crippen molar-refractivity contribution in [2.24, 2.45) is 11.8 Å². The SMILES string of the molecule is CCC[C@@H](CO)C1C=CC=CC=C1. The van der Waals surface area contributed by atoms with E-state index in [1.54, 1.807) is 0 Å². The van der Waals surface area contributed by atoms with Crippen molar-refractivity contribution in [3.63, 3.8) is 0 Å². The highest BCUT2D eigenvalue weighted by molar-refractivity contribution is 5.20. The monoisotopic (exact) mass is 178 g/mol. The van der Waals surface area contributed by atoms with Crippen LogP contribution < -0.4 is 0 Å². The van der Waals surface area contributed by atoms with Crippen LogP contribution in [0.1, 0.15) is 19.8 Å². The van der Waals surface area contributed by atoms with Crippen molar-refractivity contribution in [3.8, 4) is 0 Å². The van der Waals surface area contributed by atoms with Crippen LogP contribution in [0.25, 0.3) is 0 Å². The summed E-state index contributed by atoms with van der Waals surface area (Å²) < 4.78 is 0. The molecule has 0 radical (unpaired) electrons. The normalized spacial score (nSPS) is 18.9. The average Bonchev–Trinajstić information content (AvgIpc) is 2.42. The van der Waals surface area contributed by atoms with Crippen LogP contribution in [0.3, 0.4) is 0 Å². The predicted molar refractivity (Wildman–Crippen MR) is 56.4 cm³/mol. The lowest BCUT2D eigenvalue weighted by molar-refractivity contribution is 0.199. The van der Waals surface area contributed by atoms with E-state index in [1.165, 1.54) is 0 Å². The summed E-state index contributed by atoms with van der Waals surface area (Å²) in [5.41, 5.74) is 0. The minimum Gasteiger partial charge on any atom is -0.396 e. The van der Waals surface area contributed by atoms with Crippen LogP contribution in [-0.2, 0) is 0 Å². The summed E-state index contributed by atoms with van der Waals surface area (Å²) >= 11 is 0. The minimum absolute atomic E-state index is 0.285. The van der Waals surface area contributed by atoms with E-state index in [9.17, 15) is 5.11 Å². The van der Waals surface area contributed by atoms with Gasteiger partial charge < -0.3 is 5.11 Å². The molecule has 0 saturated heterocycles. The Labute approximate surface area is 80.5 Å². The van der Waals surface area contributed by atoms with Crippen molar-refractivity contribution in [1.29, 1.82) is 0 Å². The van der Waals surface area contributed by atoms with E-state index < -0.39 is 0 Å². The molecule has 0 aromatic heterocycles. The summed E-state index contributed by atoms with van der Waals surface area (Å²) in [6.07, 6.45) is 14.7. The van der Waals surface area contributed by atoms with Gasteiger partial charge in [0.2, 0.25) is 0 Å². The van der Waals surface area contributed by atoms with Crippen molar-refractivity contribution in [2.75, 3.05) is 6.61 Å². The average molecular weight is 178 g/mol. The van der Waals surface area contributed by atoms with Gasteiger partial charge in [0, 0.05) is 12.5 Å². The predicted octanol–water partition coefficient (Wildman–Crippen LogP) is 2.69. The maximum Gasteiger partial charge on any atom is 0.0467 e. The van der Waals surface area contributed by atoms with Crippen molar-refractivity contribution in [1.82, 2.24) is 0 Å². The zero-order chi connectivity index (χ0) is 9.52. The quantitative estimate of drug-likeness (QED) is 0.701. The molecule has 1 atom stereocenters. The molecular formula is C12H18O. The molecule has 1 aliphatic carbocycles. The number of aliphatic hydroxyl groups excluding tert-OH is 1. The van der Waals surface area contributed by atoms with Crippen LogP contribution >= 0.6 is 0 Å². The zero-order valence-electron chi connectivity index (χ0n) is 8.19. The van der Waals surface area contributed by atoms with E-state index in [-0.39, 0.29) is 6.61 Å². The first-order chi connectivity index (χ1) is 6.38. The number of hydrogen-bond acceptors (Lipinski definition) is 1. The topological polar surface area (TPSA) is 20.2 Å². The molecule has 0 aromatic carbocycles. The highest BCUT2D eigenvalue weighted by Gasteiger charge is 2.14. The Morgan fingerprint density at radius 1 is 1.15 bits per heavy atom. The summed E-state index contributed by atoms with van der Waals surface area (Å²) in [4.78, 5) is 0. The molecule has 0 bridgehead atoms. The largest absolute Gasteiger partial charge is 0.396 e. The number of aliphatic hydroxyl groups is 1. The molecule has 0 saturated carbocycles. The van der Waals surface area contributed by atoms with E-state index >= 15 is 0 Å². The van der Waals surface area contributed by atoms with E-state index in [2.05, 4.69) is 31.2 Å². The molecule has 0 amide bonds. The molecule has 0 spiro atoms. The molecular weight excluding hydrogens is 160 g/mol.